The fourth-order valence-corrected chi connectivity index (χ4v) is 1.51. The van der Waals surface area contributed by atoms with E-state index in [4.69, 9.17) is 10.5 Å². The zero-order valence-electron chi connectivity index (χ0n) is 7.39. The van der Waals surface area contributed by atoms with Crippen LogP contribution >= 0.6 is 0 Å². The molecule has 0 aromatic rings. The minimum atomic E-state index is 0.0660. The molecule has 66 valence electrons. The predicted octanol–water partition coefficient (Wildman–Crippen LogP) is -0.0403. The second-order valence-electron chi connectivity index (χ2n) is 3.43. The summed E-state index contributed by atoms with van der Waals surface area (Å²) in [5, 5.41) is 3.27. The highest BCUT2D eigenvalue weighted by molar-refractivity contribution is 4.91. The topological polar surface area (TPSA) is 47.3 Å². The van der Waals surface area contributed by atoms with Gasteiger partial charge in [-0.2, -0.15) is 0 Å². The number of hydrogen-bond donors (Lipinski definition) is 2. The van der Waals surface area contributed by atoms with Crippen molar-refractivity contribution in [3.63, 3.8) is 0 Å². The van der Waals surface area contributed by atoms with Crippen molar-refractivity contribution in [1.29, 1.82) is 0 Å². The van der Waals surface area contributed by atoms with E-state index in [0.717, 1.165) is 19.6 Å². The molecule has 2 unspecified atom stereocenters. The van der Waals surface area contributed by atoms with Crippen LogP contribution in [0.1, 0.15) is 13.3 Å². The van der Waals surface area contributed by atoms with Gasteiger partial charge in [0.25, 0.3) is 0 Å². The number of hydrogen-bond acceptors (Lipinski definition) is 3. The van der Waals surface area contributed by atoms with Crippen LogP contribution in [0.3, 0.4) is 0 Å². The molecule has 0 bridgehead atoms. The van der Waals surface area contributed by atoms with Crippen LogP contribution in [0.15, 0.2) is 0 Å². The second-order valence-corrected chi connectivity index (χ2v) is 3.43. The molecule has 1 heterocycles. The van der Waals surface area contributed by atoms with Crippen molar-refractivity contribution in [2.45, 2.75) is 18.9 Å². The van der Waals surface area contributed by atoms with Crippen molar-refractivity contribution >= 4 is 0 Å². The number of nitrogens with two attached hydrogens (primary N) is 1. The molecule has 0 aromatic heterocycles. The van der Waals surface area contributed by atoms with Crippen LogP contribution in [0.4, 0.5) is 0 Å². The van der Waals surface area contributed by atoms with Crippen molar-refractivity contribution in [2.24, 2.45) is 11.7 Å². The first-order valence-electron chi connectivity index (χ1n) is 4.19. The first-order valence-corrected chi connectivity index (χ1v) is 4.19. The lowest BCUT2D eigenvalue weighted by molar-refractivity contribution is 0.158. The monoisotopic (exact) mass is 158 g/mol. The summed E-state index contributed by atoms with van der Waals surface area (Å²) in [4.78, 5) is 0. The molecule has 3 heteroatoms. The Kier molecular flexibility index (Phi) is 2.87. The van der Waals surface area contributed by atoms with Crippen molar-refractivity contribution in [3.05, 3.63) is 0 Å². The number of likely N-dealkylation sites (N-methyl/N-ethyl adjacent to an activating group) is 1. The van der Waals surface area contributed by atoms with E-state index >= 15 is 0 Å². The molecule has 0 radical (unpaired) electrons. The maximum Gasteiger partial charge on any atom is 0.0513 e. The Hall–Kier alpha value is -0.120. The van der Waals surface area contributed by atoms with E-state index in [1.165, 1.54) is 0 Å². The van der Waals surface area contributed by atoms with Gasteiger partial charge in [0.05, 0.1) is 6.61 Å². The Morgan fingerprint density at radius 2 is 2.45 bits per heavy atom. The van der Waals surface area contributed by atoms with Gasteiger partial charge < -0.3 is 15.8 Å². The fourth-order valence-electron chi connectivity index (χ4n) is 1.51. The minimum Gasteiger partial charge on any atom is -0.381 e. The summed E-state index contributed by atoms with van der Waals surface area (Å²) in [5.74, 6) is 0.581. The molecular weight excluding hydrogens is 140 g/mol. The van der Waals surface area contributed by atoms with Crippen LogP contribution in [0.2, 0.25) is 0 Å². The van der Waals surface area contributed by atoms with E-state index in [1.54, 1.807) is 0 Å². The maximum absolute atomic E-state index is 5.68. The number of nitrogens with one attached hydrogen (secondary N) is 1. The summed E-state index contributed by atoms with van der Waals surface area (Å²) >= 11 is 0. The molecule has 1 rings (SSSR count). The van der Waals surface area contributed by atoms with Crippen LogP contribution in [-0.4, -0.2) is 32.3 Å². The smallest absolute Gasteiger partial charge is 0.0513 e. The Labute approximate surface area is 68.3 Å². The maximum atomic E-state index is 5.68. The van der Waals surface area contributed by atoms with E-state index in [2.05, 4.69) is 12.2 Å². The SMILES string of the molecule is CNC(C)(CN)C1CCOC1. The molecule has 0 spiro atoms. The van der Waals surface area contributed by atoms with Crippen molar-refractivity contribution in [3.8, 4) is 0 Å². The van der Waals surface area contributed by atoms with Gasteiger partial charge in [0.2, 0.25) is 0 Å². The normalized spacial score (nSPS) is 30.3. The molecule has 3 N–H and O–H groups in total. The van der Waals surface area contributed by atoms with E-state index < -0.39 is 0 Å². The van der Waals surface area contributed by atoms with Crippen molar-refractivity contribution in [1.82, 2.24) is 5.32 Å². The minimum absolute atomic E-state index is 0.0660. The summed E-state index contributed by atoms with van der Waals surface area (Å²) in [6.07, 6.45) is 1.13. The van der Waals surface area contributed by atoms with E-state index in [-0.39, 0.29) is 5.54 Å². The first-order chi connectivity index (χ1) is 5.23. The van der Waals surface area contributed by atoms with Gasteiger partial charge in [-0.15, -0.1) is 0 Å². The zero-order chi connectivity index (χ0) is 8.32. The fraction of sp³-hybridized carbons (Fsp3) is 1.00. The molecule has 1 aliphatic heterocycles. The highest BCUT2D eigenvalue weighted by Crippen LogP contribution is 2.24. The van der Waals surface area contributed by atoms with Gasteiger partial charge in [-0.1, -0.05) is 0 Å². The number of ether oxygens (including phenoxy) is 1. The average molecular weight is 158 g/mol. The Morgan fingerprint density at radius 1 is 1.73 bits per heavy atom. The summed E-state index contributed by atoms with van der Waals surface area (Å²) in [5.41, 5.74) is 5.75. The van der Waals surface area contributed by atoms with Crippen LogP contribution < -0.4 is 11.1 Å². The standard InChI is InChI=1S/C8H18N2O/c1-8(6-9,10-2)7-3-4-11-5-7/h7,10H,3-6,9H2,1-2H3. The van der Waals surface area contributed by atoms with Gasteiger partial charge in [-0.05, 0) is 20.4 Å². The average Bonchev–Trinajstić information content (AvgIpc) is 2.55. The Balaban J connectivity index is 2.52. The van der Waals surface area contributed by atoms with Crippen molar-refractivity contribution in [2.75, 3.05) is 26.8 Å². The third kappa shape index (κ3) is 1.72. The quantitative estimate of drug-likeness (QED) is 0.606. The van der Waals surface area contributed by atoms with Gasteiger partial charge in [-0.25, -0.2) is 0 Å². The molecule has 0 saturated carbocycles. The third-order valence-corrected chi connectivity index (χ3v) is 2.83. The summed E-state index contributed by atoms with van der Waals surface area (Å²) in [6.45, 7) is 4.58. The molecule has 1 aliphatic rings. The molecule has 0 aliphatic carbocycles. The van der Waals surface area contributed by atoms with Crippen LogP contribution in [0.25, 0.3) is 0 Å². The van der Waals surface area contributed by atoms with Crippen molar-refractivity contribution < 1.29 is 4.74 Å². The zero-order valence-corrected chi connectivity index (χ0v) is 7.39. The molecule has 2 atom stereocenters. The largest absolute Gasteiger partial charge is 0.381 e. The molecule has 11 heavy (non-hydrogen) atoms. The van der Waals surface area contributed by atoms with Gasteiger partial charge >= 0.3 is 0 Å². The van der Waals surface area contributed by atoms with Gasteiger partial charge in [0, 0.05) is 24.6 Å². The van der Waals surface area contributed by atoms with Gasteiger partial charge in [0.1, 0.15) is 0 Å². The lowest BCUT2D eigenvalue weighted by Crippen LogP contribution is -2.52. The highest BCUT2D eigenvalue weighted by atomic mass is 16.5. The molecule has 1 fully saturated rings. The third-order valence-electron chi connectivity index (χ3n) is 2.83. The van der Waals surface area contributed by atoms with Gasteiger partial charge in [-0.3, -0.25) is 0 Å². The predicted molar refractivity (Wildman–Crippen MR) is 45.4 cm³/mol. The molecule has 3 nitrogen and oxygen atoms in total. The van der Waals surface area contributed by atoms with E-state index in [0.29, 0.717) is 12.5 Å². The summed E-state index contributed by atoms with van der Waals surface area (Å²) in [6, 6.07) is 0. The molecule has 0 amide bonds. The first kappa shape index (κ1) is 8.97. The lowest BCUT2D eigenvalue weighted by atomic mass is 9.85. The molecular formula is C8H18N2O. The van der Waals surface area contributed by atoms with Crippen LogP contribution in [0, 0.1) is 5.92 Å². The van der Waals surface area contributed by atoms with E-state index in [9.17, 15) is 0 Å². The lowest BCUT2D eigenvalue weighted by Gasteiger charge is -2.33. The summed E-state index contributed by atoms with van der Waals surface area (Å²) < 4.78 is 5.31. The Morgan fingerprint density at radius 3 is 2.82 bits per heavy atom. The van der Waals surface area contributed by atoms with Crippen LogP contribution in [0.5, 0.6) is 0 Å². The Bertz CT molecular complexity index is 117. The number of rotatable bonds is 3. The summed E-state index contributed by atoms with van der Waals surface area (Å²) in [7, 11) is 1.96. The highest BCUT2D eigenvalue weighted by Gasteiger charge is 2.33. The molecule has 0 aromatic carbocycles. The van der Waals surface area contributed by atoms with E-state index in [1.807, 2.05) is 7.05 Å². The second kappa shape index (κ2) is 3.52. The van der Waals surface area contributed by atoms with Crippen LogP contribution in [-0.2, 0) is 4.74 Å². The van der Waals surface area contributed by atoms with Gasteiger partial charge in [0.15, 0.2) is 0 Å². The molecule has 1 saturated heterocycles.